The van der Waals surface area contributed by atoms with E-state index in [1.165, 1.54) is 21.8 Å². The molecule has 0 spiro atoms. The molecule has 21 heavy (non-hydrogen) atoms. The Morgan fingerprint density at radius 3 is 2.90 bits per heavy atom. The molecule has 0 saturated heterocycles. The predicted molar refractivity (Wildman–Crippen MR) is 95.2 cm³/mol. The van der Waals surface area contributed by atoms with Crippen LogP contribution in [0.25, 0.3) is 0 Å². The molecule has 0 bridgehead atoms. The largest absolute Gasteiger partial charge is 0.313 e. The Morgan fingerprint density at radius 1 is 1.24 bits per heavy atom. The van der Waals surface area contributed by atoms with E-state index in [9.17, 15) is 0 Å². The first kappa shape index (κ1) is 15.1. The van der Waals surface area contributed by atoms with Gasteiger partial charge in [-0.05, 0) is 42.3 Å². The summed E-state index contributed by atoms with van der Waals surface area (Å²) in [7, 11) is 0. The summed E-state index contributed by atoms with van der Waals surface area (Å²) in [5, 5.41) is 3.70. The van der Waals surface area contributed by atoms with Gasteiger partial charge >= 0.3 is 0 Å². The van der Waals surface area contributed by atoms with E-state index in [0.717, 1.165) is 17.4 Å². The van der Waals surface area contributed by atoms with Crippen LogP contribution in [0.15, 0.2) is 57.9 Å². The number of hydrogen-bond donors (Lipinski definition) is 1. The highest BCUT2D eigenvalue weighted by Crippen LogP contribution is 2.41. The van der Waals surface area contributed by atoms with E-state index in [2.05, 4.69) is 76.7 Å². The van der Waals surface area contributed by atoms with Crippen LogP contribution < -0.4 is 5.32 Å². The van der Waals surface area contributed by atoms with Gasteiger partial charge in [0.25, 0.3) is 0 Å². The highest BCUT2D eigenvalue weighted by atomic mass is 79.9. The first-order chi connectivity index (χ1) is 10.3. The fourth-order valence-corrected chi connectivity index (χ4v) is 4.84. The van der Waals surface area contributed by atoms with Crippen LogP contribution in [-0.2, 0) is 6.42 Å². The zero-order chi connectivity index (χ0) is 14.7. The molecular formula is C18H20BrNS. The van der Waals surface area contributed by atoms with Gasteiger partial charge in [0.2, 0.25) is 0 Å². The van der Waals surface area contributed by atoms with Gasteiger partial charge in [-0.1, -0.05) is 53.2 Å². The molecule has 3 rings (SSSR count). The first-order valence-corrected chi connectivity index (χ1v) is 9.25. The van der Waals surface area contributed by atoms with Crippen molar-refractivity contribution in [3.8, 4) is 0 Å². The summed E-state index contributed by atoms with van der Waals surface area (Å²) in [5.41, 5.74) is 2.91. The van der Waals surface area contributed by atoms with Crippen LogP contribution >= 0.6 is 27.7 Å². The van der Waals surface area contributed by atoms with Gasteiger partial charge in [-0.2, -0.15) is 0 Å². The molecule has 0 radical (unpaired) electrons. The van der Waals surface area contributed by atoms with Gasteiger partial charge in [-0.3, -0.25) is 0 Å². The van der Waals surface area contributed by atoms with Crippen LogP contribution in [0.5, 0.6) is 0 Å². The highest BCUT2D eigenvalue weighted by Gasteiger charge is 2.29. The molecule has 3 heteroatoms. The minimum atomic E-state index is 0.500. The van der Waals surface area contributed by atoms with Crippen molar-refractivity contribution in [3.63, 3.8) is 0 Å². The summed E-state index contributed by atoms with van der Waals surface area (Å²) in [6.45, 7) is 3.21. The van der Waals surface area contributed by atoms with Crippen molar-refractivity contribution in [1.29, 1.82) is 0 Å². The maximum Gasteiger partial charge on any atom is 0.0184 e. The van der Waals surface area contributed by atoms with Gasteiger partial charge in [-0.25, -0.2) is 0 Å². The third kappa shape index (κ3) is 3.53. The highest BCUT2D eigenvalue weighted by molar-refractivity contribution is 9.10. The third-order valence-corrected chi connectivity index (χ3v) is 5.74. The molecule has 0 saturated carbocycles. The number of benzene rings is 2. The number of likely N-dealkylation sites (N-methyl/N-ethyl adjacent to an activating group) is 1. The van der Waals surface area contributed by atoms with Gasteiger partial charge in [-0.15, -0.1) is 11.8 Å². The zero-order valence-corrected chi connectivity index (χ0v) is 14.6. The zero-order valence-electron chi connectivity index (χ0n) is 12.2. The molecule has 1 aliphatic heterocycles. The molecule has 0 aromatic heterocycles. The molecule has 1 N–H and O–H groups in total. The Bertz CT molecular complexity index is 614. The molecule has 1 heterocycles. The number of hydrogen-bond acceptors (Lipinski definition) is 2. The van der Waals surface area contributed by atoms with Crippen LogP contribution in [0.3, 0.4) is 0 Å². The number of rotatable bonds is 5. The van der Waals surface area contributed by atoms with Gasteiger partial charge in [0.1, 0.15) is 0 Å². The Hall–Kier alpha value is -0.770. The lowest BCUT2D eigenvalue weighted by Crippen LogP contribution is -2.37. The van der Waals surface area contributed by atoms with Crippen LogP contribution in [0.4, 0.5) is 0 Å². The molecule has 2 unspecified atom stereocenters. The van der Waals surface area contributed by atoms with Gasteiger partial charge in [0, 0.05) is 27.1 Å². The summed E-state index contributed by atoms with van der Waals surface area (Å²) in [6.07, 6.45) is 1.08. The SMILES string of the molecule is CCNC(Cc1cccc(Br)c1)C1CSc2ccccc21. The van der Waals surface area contributed by atoms with Crippen molar-refractivity contribution in [3.05, 3.63) is 64.1 Å². The Balaban J connectivity index is 1.82. The van der Waals surface area contributed by atoms with Gasteiger partial charge < -0.3 is 5.32 Å². The standard InChI is InChI=1S/C18H20BrNS/c1-2-20-17(11-13-6-5-7-14(19)10-13)16-12-21-18-9-4-3-8-15(16)18/h3-10,16-17,20H,2,11-12H2,1H3. The second kappa shape index (κ2) is 6.99. The van der Waals surface area contributed by atoms with Crippen molar-refractivity contribution in [2.24, 2.45) is 0 Å². The lowest BCUT2D eigenvalue weighted by atomic mass is 9.89. The average molecular weight is 362 g/mol. The molecule has 1 nitrogen and oxygen atoms in total. The van der Waals surface area contributed by atoms with E-state index in [1.54, 1.807) is 0 Å². The van der Waals surface area contributed by atoms with Crippen molar-refractivity contribution in [1.82, 2.24) is 5.32 Å². The summed E-state index contributed by atoms with van der Waals surface area (Å²) < 4.78 is 1.16. The van der Waals surface area contributed by atoms with Crippen molar-refractivity contribution in [2.75, 3.05) is 12.3 Å². The number of halogens is 1. The minimum Gasteiger partial charge on any atom is -0.313 e. The Labute approximate surface area is 139 Å². The monoisotopic (exact) mass is 361 g/mol. The molecule has 1 aliphatic rings. The second-order valence-electron chi connectivity index (χ2n) is 5.45. The molecule has 0 amide bonds. The topological polar surface area (TPSA) is 12.0 Å². The fourth-order valence-electron chi connectivity index (χ4n) is 3.06. The number of fused-ring (bicyclic) bond motifs is 1. The smallest absolute Gasteiger partial charge is 0.0184 e. The summed E-state index contributed by atoms with van der Waals surface area (Å²) in [5.74, 6) is 1.79. The van der Waals surface area contributed by atoms with Gasteiger partial charge in [0.15, 0.2) is 0 Å². The van der Waals surface area contributed by atoms with Crippen molar-refractivity contribution < 1.29 is 0 Å². The maximum absolute atomic E-state index is 3.70. The first-order valence-electron chi connectivity index (χ1n) is 7.47. The average Bonchev–Trinajstić information content (AvgIpc) is 2.91. The molecule has 2 aromatic carbocycles. The Kier molecular flexibility index (Phi) is 5.04. The quantitative estimate of drug-likeness (QED) is 0.815. The lowest BCUT2D eigenvalue weighted by molar-refractivity contribution is 0.463. The number of nitrogens with one attached hydrogen (secondary N) is 1. The Morgan fingerprint density at radius 2 is 2.10 bits per heavy atom. The van der Waals surface area contributed by atoms with Crippen molar-refractivity contribution in [2.45, 2.75) is 30.2 Å². The minimum absolute atomic E-state index is 0.500. The lowest BCUT2D eigenvalue weighted by Gasteiger charge is -2.25. The molecule has 110 valence electrons. The van der Waals surface area contributed by atoms with E-state index in [4.69, 9.17) is 0 Å². The normalized spacial score (nSPS) is 18.5. The van der Waals surface area contributed by atoms with E-state index in [0.29, 0.717) is 12.0 Å². The predicted octanol–water partition coefficient (Wildman–Crippen LogP) is 4.86. The summed E-state index contributed by atoms with van der Waals surface area (Å²) in [6, 6.07) is 18.0. The molecule has 0 aliphatic carbocycles. The van der Waals surface area contributed by atoms with Crippen molar-refractivity contribution >= 4 is 27.7 Å². The van der Waals surface area contributed by atoms with Gasteiger partial charge in [0.05, 0.1) is 0 Å². The summed E-state index contributed by atoms with van der Waals surface area (Å²) in [4.78, 5) is 1.46. The van der Waals surface area contributed by atoms with Crippen LogP contribution in [0.2, 0.25) is 0 Å². The van der Waals surface area contributed by atoms with Crippen LogP contribution in [-0.4, -0.2) is 18.3 Å². The van der Waals surface area contributed by atoms with E-state index >= 15 is 0 Å². The van der Waals surface area contributed by atoms with E-state index in [1.807, 2.05) is 11.8 Å². The summed E-state index contributed by atoms with van der Waals surface area (Å²) >= 11 is 5.57. The van der Waals surface area contributed by atoms with E-state index in [-0.39, 0.29) is 0 Å². The molecular weight excluding hydrogens is 342 g/mol. The fraction of sp³-hybridized carbons (Fsp3) is 0.333. The number of thioether (sulfide) groups is 1. The molecule has 2 aromatic rings. The maximum atomic E-state index is 3.70. The van der Waals surface area contributed by atoms with E-state index < -0.39 is 0 Å². The third-order valence-electron chi connectivity index (χ3n) is 4.03. The second-order valence-corrected chi connectivity index (χ2v) is 7.43. The van der Waals surface area contributed by atoms with Crippen LogP contribution in [0, 0.1) is 0 Å². The molecule has 2 atom stereocenters. The molecule has 0 fully saturated rings. The van der Waals surface area contributed by atoms with Crippen LogP contribution in [0.1, 0.15) is 24.0 Å².